The average molecular weight is 424 g/mol. The highest BCUT2D eigenvalue weighted by atomic mass is 16.6. The van der Waals surface area contributed by atoms with Crippen LogP contribution in [0.15, 0.2) is 48.7 Å². The molecule has 1 fully saturated rings. The van der Waals surface area contributed by atoms with Gasteiger partial charge in [-0.1, -0.05) is 31.2 Å². The van der Waals surface area contributed by atoms with Crippen LogP contribution in [0.3, 0.4) is 0 Å². The minimum atomic E-state index is -0.578. The summed E-state index contributed by atoms with van der Waals surface area (Å²) in [7, 11) is 0. The summed E-state index contributed by atoms with van der Waals surface area (Å²) >= 11 is 0. The van der Waals surface area contributed by atoms with Crippen molar-refractivity contribution in [3.05, 3.63) is 59.8 Å². The lowest BCUT2D eigenvalue weighted by Gasteiger charge is -2.31. The molecule has 1 aliphatic heterocycles. The number of aromatic nitrogens is 1. The molecule has 2 atom stereocenters. The number of nitrogens with zero attached hydrogens (tertiary/aromatic N) is 3. The molecule has 1 aromatic heterocycles. The Hall–Kier alpha value is -2.89. The molecular weight excluding hydrogens is 390 g/mol. The largest absolute Gasteiger partial charge is 0.443 e. The van der Waals surface area contributed by atoms with Crippen molar-refractivity contribution in [2.75, 3.05) is 11.4 Å². The number of ether oxygens (including phenoxy) is 1. The maximum atomic E-state index is 13.0. The molecule has 0 radical (unpaired) electrons. The van der Waals surface area contributed by atoms with E-state index in [2.05, 4.69) is 4.98 Å². The van der Waals surface area contributed by atoms with Crippen molar-refractivity contribution in [1.82, 2.24) is 9.88 Å². The molecule has 3 rings (SSSR count). The number of anilines is 1. The predicted molar refractivity (Wildman–Crippen MR) is 122 cm³/mol. The number of benzene rings is 1. The number of amides is 2. The molecule has 1 aromatic carbocycles. The van der Waals surface area contributed by atoms with Gasteiger partial charge in [0.05, 0.1) is 6.04 Å². The van der Waals surface area contributed by atoms with Gasteiger partial charge in [0, 0.05) is 24.3 Å². The van der Waals surface area contributed by atoms with E-state index in [9.17, 15) is 9.59 Å². The quantitative estimate of drug-likeness (QED) is 0.628. The minimum absolute atomic E-state index is 0.00664. The average Bonchev–Trinajstić information content (AvgIpc) is 3.23. The van der Waals surface area contributed by atoms with Gasteiger partial charge in [-0.2, -0.15) is 0 Å². The van der Waals surface area contributed by atoms with Gasteiger partial charge in [0.25, 0.3) is 5.91 Å². The monoisotopic (exact) mass is 423 g/mol. The van der Waals surface area contributed by atoms with Crippen molar-refractivity contribution in [2.24, 2.45) is 0 Å². The summed E-state index contributed by atoms with van der Waals surface area (Å²) in [6.07, 6.45) is 4.03. The summed E-state index contributed by atoms with van der Waals surface area (Å²) in [5, 5.41) is 0. The van der Waals surface area contributed by atoms with E-state index in [1.54, 1.807) is 11.1 Å². The highest BCUT2D eigenvalue weighted by Crippen LogP contribution is 2.33. The molecule has 6 heteroatoms. The molecule has 0 spiro atoms. The first-order chi connectivity index (χ1) is 14.7. The van der Waals surface area contributed by atoms with E-state index in [1.807, 2.05) is 82.0 Å². The van der Waals surface area contributed by atoms with E-state index in [0.29, 0.717) is 11.4 Å². The molecule has 2 aromatic rings. The zero-order valence-corrected chi connectivity index (χ0v) is 19.2. The molecule has 31 heavy (non-hydrogen) atoms. The third-order valence-corrected chi connectivity index (χ3v) is 5.56. The number of carbonyl (C=O) groups excluding carboxylic acids is 2. The predicted octanol–water partition coefficient (Wildman–Crippen LogP) is 5.60. The van der Waals surface area contributed by atoms with Gasteiger partial charge in [-0.05, 0) is 70.7 Å². The molecule has 1 aliphatic rings. The van der Waals surface area contributed by atoms with Crippen molar-refractivity contribution >= 4 is 17.8 Å². The summed E-state index contributed by atoms with van der Waals surface area (Å²) in [5.74, 6) is 0.605. The first kappa shape index (κ1) is 22.8. The van der Waals surface area contributed by atoms with Crippen molar-refractivity contribution in [3.8, 4) is 0 Å². The Morgan fingerprint density at radius 3 is 2.48 bits per heavy atom. The highest BCUT2D eigenvalue weighted by molar-refractivity contribution is 5.94. The van der Waals surface area contributed by atoms with Crippen LogP contribution in [0.4, 0.5) is 10.6 Å². The molecule has 0 saturated carbocycles. The van der Waals surface area contributed by atoms with E-state index < -0.39 is 11.7 Å². The Balaban J connectivity index is 1.82. The zero-order valence-electron chi connectivity index (χ0n) is 19.2. The molecule has 166 valence electrons. The minimum Gasteiger partial charge on any atom is -0.443 e. The number of hydrogen-bond donors (Lipinski definition) is 0. The van der Waals surface area contributed by atoms with Crippen LogP contribution in [0.2, 0.25) is 0 Å². The SMILES string of the molecule is CCC(C)N(C(=O)OC(C)(C)C)c1ccc(C2CCCN2C(=O)c2ccccc2)cn1. The van der Waals surface area contributed by atoms with Crippen LogP contribution in [0.5, 0.6) is 0 Å². The number of pyridine rings is 1. The summed E-state index contributed by atoms with van der Waals surface area (Å²) in [5.41, 5.74) is 1.11. The lowest BCUT2D eigenvalue weighted by atomic mass is 10.1. The summed E-state index contributed by atoms with van der Waals surface area (Å²) in [6, 6.07) is 13.2. The molecule has 0 aliphatic carbocycles. The maximum absolute atomic E-state index is 13.0. The van der Waals surface area contributed by atoms with Gasteiger partial charge in [0.2, 0.25) is 0 Å². The first-order valence-electron chi connectivity index (χ1n) is 11.1. The van der Waals surface area contributed by atoms with Crippen LogP contribution >= 0.6 is 0 Å². The van der Waals surface area contributed by atoms with Gasteiger partial charge in [0.15, 0.2) is 0 Å². The second-order valence-corrected chi connectivity index (χ2v) is 9.08. The first-order valence-corrected chi connectivity index (χ1v) is 11.1. The van der Waals surface area contributed by atoms with Crippen LogP contribution < -0.4 is 4.90 Å². The Labute approximate surface area is 185 Å². The fourth-order valence-electron chi connectivity index (χ4n) is 3.83. The molecule has 0 N–H and O–H groups in total. The van der Waals surface area contributed by atoms with Gasteiger partial charge in [-0.15, -0.1) is 0 Å². The van der Waals surface area contributed by atoms with E-state index in [-0.39, 0.29) is 18.0 Å². The zero-order chi connectivity index (χ0) is 22.6. The number of rotatable bonds is 5. The molecular formula is C25H33N3O3. The van der Waals surface area contributed by atoms with Gasteiger partial charge in [-0.3, -0.25) is 9.69 Å². The lowest BCUT2D eigenvalue weighted by Crippen LogP contribution is -2.42. The Morgan fingerprint density at radius 2 is 1.90 bits per heavy atom. The Kier molecular flexibility index (Phi) is 6.98. The summed E-state index contributed by atoms with van der Waals surface area (Å²) in [6.45, 7) is 10.3. The fraction of sp³-hybridized carbons (Fsp3) is 0.480. The standard InChI is InChI=1S/C25H33N3O3/c1-6-18(2)28(24(30)31-25(3,4)5)22-15-14-20(17-26-22)21-13-10-16-27(21)23(29)19-11-8-7-9-12-19/h7-9,11-12,14-15,17-18,21H,6,10,13,16H2,1-5H3. The van der Waals surface area contributed by atoms with Crippen molar-refractivity contribution in [2.45, 2.75) is 71.6 Å². The lowest BCUT2D eigenvalue weighted by molar-refractivity contribution is 0.0565. The topological polar surface area (TPSA) is 62.7 Å². The number of likely N-dealkylation sites (tertiary alicyclic amines) is 1. The summed E-state index contributed by atoms with van der Waals surface area (Å²) in [4.78, 5) is 33.9. The summed E-state index contributed by atoms with van der Waals surface area (Å²) < 4.78 is 5.60. The van der Waals surface area contributed by atoms with E-state index in [4.69, 9.17) is 4.74 Å². The number of hydrogen-bond acceptors (Lipinski definition) is 4. The second kappa shape index (κ2) is 9.50. The van der Waals surface area contributed by atoms with Crippen LogP contribution in [-0.2, 0) is 4.74 Å². The van der Waals surface area contributed by atoms with E-state index >= 15 is 0 Å². The van der Waals surface area contributed by atoms with Crippen molar-refractivity contribution in [1.29, 1.82) is 0 Å². The van der Waals surface area contributed by atoms with E-state index in [0.717, 1.165) is 31.4 Å². The van der Waals surface area contributed by atoms with Crippen LogP contribution in [0, 0.1) is 0 Å². The molecule has 0 bridgehead atoms. The Morgan fingerprint density at radius 1 is 1.19 bits per heavy atom. The highest BCUT2D eigenvalue weighted by Gasteiger charge is 2.32. The molecule has 1 saturated heterocycles. The van der Waals surface area contributed by atoms with Gasteiger partial charge < -0.3 is 9.64 Å². The van der Waals surface area contributed by atoms with Gasteiger partial charge >= 0.3 is 6.09 Å². The smallest absolute Gasteiger partial charge is 0.416 e. The molecule has 6 nitrogen and oxygen atoms in total. The van der Waals surface area contributed by atoms with Gasteiger partial charge in [-0.25, -0.2) is 9.78 Å². The number of carbonyl (C=O) groups is 2. The fourth-order valence-corrected chi connectivity index (χ4v) is 3.83. The van der Waals surface area contributed by atoms with Crippen LogP contribution in [0.1, 0.15) is 75.8 Å². The third kappa shape index (κ3) is 5.43. The van der Waals surface area contributed by atoms with Gasteiger partial charge in [0.1, 0.15) is 11.4 Å². The van der Waals surface area contributed by atoms with Crippen molar-refractivity contribution in [3.63, 3.8) is 0 Å². The van der Waals surface area contributed by atoms with Crippen LogP contribution in [-0.4, -0.2) is 40.1 Å². The second-order valence-electron chi connectivity index (χ2n) is 9.08. The normalized spacial score (nSPS) is 17.3. The molecule has 2 unspecified atom stereocenters. The Bertz CT molecular complexity index is 890. The van der Waals surface area contributed by atoms with Crippen LogP contribution in [0.25, 0.3) is 0 Å². The molecule has 2 heterocycles. The van der Waals surface area contributed by atoms with E-state index in [1.165, 1.54) is 0 Å². The third-order valence-electron chi connectivity index (χ3n) is 5.56. The maximum Gasteiger partial charge on any atom is 0.416 e. The molecule has 2 amide bonds. The van der Waals surface area contributed by atoms with Crippen molar-refractivity contribution < 1.29 is 14.3 Å².